The van der Waals surface area contributed by atoms with E-state index in [9.17, 15) is 9.59 Å². The van der Waals surface area contributed by atoms with Crippen molar-refractivity contribution in [3.05, 3.63) is 52.4 Å². The molecule has 1 saturated heterocycles. The van der Waals surface area contributed by atoms with Crippen molar-refractivity contribution in [1.29, 1.82) is 0 Å². The molecule has 28 heavy (non-hydrogen) atoms. The van der Waals surface area contributed by atoms with Crippen molar-refractivity contribution in [3.8, 4) is 5.75 Å². The van der Waals surface area contributed by atoms with E-state index in [0.717, 1.165) is 12.8 Å². The van der Waals surface area contributed by atoms with E-state index < -0.39 is 0 Å². The maximum atomic E-state index is 12.2. The molecule has 0 bridgehead atoms. The van der Waals surface area contributed by atoms with Gasteiger partial charge >= 0.3 is 0 Å². The molecule has 1 aromatic heterocycles. The number of halogens is 2. The Labute approximate surface area is 173 Å². The highest BCUT2D eigenvalue weighted by Crippen LogP contribution is 2.31. The molecule has 1 fully saturated rings. The lowest BCUT2D eigenvalue weighted by molar-refractivity contribution is -0.122. The summed E-state index contributed by atoms with van der Waals surface area (Å²) in [6.45, 7) is 1.57. The zero-order valence-corrected chi connectivity index (χ0v) is 16.8. The SMILES string of the molecule is O=C(CCCOc1cccc(Cl)c1Cl)NC1CCN(C(=O)c2ccco2)CC1. The molecule has 1 aliphatic rings. The van der Waals surface area contributed by atoms with E-state index in [-0.39, 0.29) is 17.9 Å². The summed E-state index contributed by atoms with van der Waals surface area (Å²) in [6.07, 6.45) is 3.89. The smallest absolute Gasteiger partial charge is 0.289 e. The Hall–Kier alpha value is -2.18. The third kappa shape index (κ3) is 5.42. The van der Waals surface area contributed by atoms with Crippen molar-refractivity contribution in [3.63, 3.8) is 0 Å². The van der Waals surface area contributed by atoms with Crippen LogP contribution >= 0.6 is 23.2 Å². The number of nitrogens with zero attached hydrogens (tertiary/aromatic N) is 1. The van der Waals surface area contributed by atoms with Crippen LogP contribution in [0.5, 0.6) is 5.75 Å². The predicted octanol–water partition coefficient (Wildman–Crippen LogP) is 4.17. The maximum absolute atomic E-state index is 12.2. The van der Waals surface area contributed by atoms with Crippen molar-refractivity contribution in [2.45, 2.75) is 31.7 Å². The summed E-state index contributed by atoms with van der Waals surface area (Å²) in [7, 11) is 0. The van der Waals surface area contributed by atoms with Crippen molar-refractivity contribution in [2.75, 3.05) is 19.7 Å². The van der Waals surface area contributed by atoms with E-state index in [0.29, 0.717) is 54.1 Å². The summed E-state index contributed by atoms with van der Waals surface area (Å²) >= 11 is 12.0. The Morgan fingerprint density at radius 3 is 2.68 bits per heavy atom. The van der Waals surface area contributed by atoms with E-state index in [4.69, 9.17) is 32.4 Å². The van der Waals surface area contributed by atoms with Gasteiger partial charge in [-0.2, -0.15) is 0 Å². The molecule has 8 heteroatoms. The van der Waals surface area contributed by atoms with Gasteiger partial charge in [0.1, 0.15) is 10.8 Å². The third-order valence-corrected chi connectivity index (χ3v) is 5.40. The molecule has 6 nitrogen and oxygen atoms in total. The van der Waals surface area contributed by atoms with Crippen molar-refractivity contribution in [1.82, 2.24) is 10.2 Å². The summed E-state index contributed by atoms with van der Waals surface area (Å²) < 4.78 is 10.7. The maximum Gasteiger partial charge on any atom is 0.289 e. The van der Waals surface area contributed by atoms with E-state index in [1.54, 1.807) is 35.2 Å². The van der Waals surface area contributed by atoms with Crippen LogP contribution in [0, 0.1) is 0 Å². The van der Waals surface area contributed by atoms with Crippen molar-refractivity contribution < 1.29 is 18.7 Å². The first-order chi connectivity index (χ1) is 13.5. The van der Waals surface area contributed by atoms with E-state index in [1.165, 1.54) is 6.26 Å². The molecule has 0 atom stereocenters. The van der Waals surface area contributed by atoms with E-state index in [1.807, 2.05) is 0 Å². The number of hydrogen-bond acceptors (Lipinski definition) is 4. The Kier molecular flexibility index (Phi) is 7.23. The first kappa shape index (κ1) is 20.6. The number of nitrogens with one attached hydrogen (secondary N) is 1. The number of benzene rings is 1. The summed E-state index contributed by atoms with van der Waals surface area (Å²) in [6, 6.07) is 8.64. The van der Waals surface area contributed by atoms with Crippen molar-refractivity contribution >= 4 is 35.0 Å². The van der Waals surface area contributed by atoms with Gasteiger partial charge in [0.2, 0.25) is 5.91 Å². The highest BCUT2D eigenvalue weighted by molar-refractivity contribution is 6.42. The van der Waals surface area contributed by atoms with Crippen LogP contribution in [0.1, 0.15) is 36.2 Å². The fourth-order valence-corrected chi connectivity index (χ4v) is 3.44. The highest BCUT2D eigenvalue weighted by atomic mass is 35.5. The van der Waals surface area contributed by atoms with Gasteiger partial charge in [0.25, 0.3) is 5.91 Å². The lowest BCUT2D eigenvalue weighted by Gasteiger charge is -2.31. The molecule has 1 aliphatic heterocycles. The number of rotatable bonds is 7. The zero-order valence-electron chi connectivity index (χ0n) is 15.3. The summed E-state index contributed by atoms with van der Waals surface area (Å²) in [4.78, 5) is 26.1. The number of ether oxygens (including phenoxy) is 1. The molecule has 150 valence electrons. The average Bonchev–Trinajstić information content (AvgIpc) is 3.23. The third-order valence-electron chi connectivity index (χ3n) is 4.60. The fourth-order valence-electron chi connectivity index (χ4n) is 3.09. The second kappa shape index (κ2) is 9.85. The Morgan fingerprint density at radius 2 is 1.96 bits per heavy atom. The first-order valence-corrected chi connectivity index (χ1v) is 9.99. The number of hydrogen-bond donors (Lipinski definition) is 1. The van der Waals surface area contributed by atoms with Crippen LogP contribution in [0.3, 0.4) is 0 Å². The van der Waals surface area contributed by atoms with Crippen LogP contribution in [0.25, 0.3) is 0 Å². The molecule has 0 spiro atoms. The summed E-state index contributed by atoms with van der Waals surface area (Å²) in [5, 5.41) is 3.85. The second-order valence-corrected chi connectivity index (χ2v) is 7.40. The molecular weight excluding hydrogens is 403 g/mol. The number of furan rings is 1. The highest BCUT2D eigenvalue weighted by Gasteiger charge is 2.25. The molecule has 0 saturated carbocycles. The van der Waals surface area contributed by atoms with Gasteiger partial charge in [-0.25, -0.2) is 0 Å². The van der Waals surface area contributed by atoms with Gasteiger partial charge in [-0.05, 0) is 43.5 Å². The Balaban J connectivity index is 1.33. The van der Waals surface area contributed by atoms with Crippen LogP contribution < -0.4 is 10.1 Å². The number of carbonyl (C=O) groups is 2. The Morgan fingerprint density at radius 1 is 1.18 bits per heavy atom. The monoisotopic (exact) mass is 424 g/mol. The number of piperidine rings is 1. The quantitative estimate of drug-likeness (QED) is 0.676. The minimum Gasteiger partial charge on any atom is -0.492 e. The van der Waals surface area contributed by atoms with Gasteiger partial charge in [-0.1, -0.05) is 29.3 Å². The summed E-state index contributed by atoms with van der Waals surface area (Å²) in [5.74, 6) is 0.744. The van der Waals surface area contributed by atoms with Gasteiger partial charge in [0.05, 0.1) is 17.9 Å². The number of carbonyl (C=O) groups excluding carboxylic acids is 2. The first-order valence-electron chi connectivity index (χ1n) is 9.23. The molecule has 1 N–H and O–H groups in total. The Bertz CT molecular complexity index is 803. The fraction of sp³-hybridized carbons (Fsp3) is 0.400. The molecule has 2 amide bonds. The van der Waals surface area contributed by atoms with Gasteiger partial charge in [-0.3, -0.25) is 9.59 Å². The predicted molar refractivity (Wildman–Crippen MR) is 107 cm³/mol. The molecule has 2 aromatic rings. The molecule has 3 rings (SSSR count). The minimum atomic E-state index is -0.105. The average molecular weight is 425 g/mol. The van der Waals surface area contributed by atoms with Crippen LogP contribution in [-0.2, 0) is 4.79 Å². The molecule has 0 unspecified atom stereocenters. The molecule has 0 radical (unpaired) electrons. The van der Waals surface area contributed by atoms with Crippen LogP contribution in [-0.4, -0.2) is 42.5 Å². The molecular formula is C20H22Cl2N2O4. The normalized spacial score (nSPS) is 14.7. The standard InChI is InChI=1S/C20H22Cl2N2O4/c21-15-4-1-5-16(19(15)22)27-13-3-7-18(25)23-14-8-10-24(11-9-14)20(26)17-6-2-12-28-17/h1-2,4-6,12,14H,3,7-11,13H2,(H,23,25). The van der Waals surface area contributed by atoms with Crippen LogP contribution in [0.4, 0.5) is 0 Å². The minimum absolute atomic E-state index is 0.0170. The lowest BCUT2D eigenvalue weighted by Crippen LogP contribution is -2.46. The zero-order chi connectivity index (χ0) is 19.9. The number of amides is 2. The molecule has 1 aromatic carbocycles. The van der Waals surface area contributed by atoms with Gasteiger partial charge in [-0.15, -0.1) is 0 Å². The molecule has 0 aliphatic carbocycles. The van der Waals surface area contributed by atoms with Crippen LogP contribution in [0.2, 0.25) is 10.0 Å². The summed E-state index contributed by atoms with van der Waals surface area (Å²) in [5.41, 5.74) is 0. The topological polar surface area (TPSA) is 71.8 Å². The van der Waals surface area contributed by atoms with Gasteiger partial charge in [0, 0.05) is 25.6 Å². The number of likely N-dealkylation sites (tertiary alicyclic amines) is 1. The van der Waals surface area contributed by atoms with E-state index in [2.05, 4.69) is 5.32 Å². The van der Waals surface area contributed by atoms with Crippen molar-refractivity contribution in [2.24, 2.45) is 0 Å². The van der Waals surface area contributed by atoms with Gasteiger partial charge < -0.3 is 19.4 Å². The van der Waals surface area contributed by atoms with E-state index >= 15 is 0 Å². The largest absolute Gasteiger partial charge is 0.492 e. The van der Waals surface area contributed by atoms with Gasteiger partial charge in [0.15, 0.2) is 5.76 Å². The molecule has 2 heterocycles. The second-order valence-electron chi connectivity index (χ2n) is 6.62. The van der Waals surface area contributed by atoms with Crippen LogP contribution in [0.15, 0.2) is 41.0 Å². The lowest BCUT2D eigenvalue weighted by atomic mass is 10.0.